The third-order valence-corrected chi connectivity index (χ3v) is 10.5. The molecule has 2 spiro atoms. The summed E-state index contributed by atoms with van der Waals surface area (Å²) in [5.41, 5.74) is 1.38. The second-order valence-corrected chi connectivity index (χ2v) is 12.7. The first-order valence-electron chi connectivity index (χ1n) is 14.8. The van der Waals surface area contributed by atoms with Crippen LogP contribution in [0.25, 0.3) is 0 Å². The van der Waals surface area contributed by atoms with E-state index in [1.165, 1.54) is 37.7 Å². The molecule has 8 rings (SSSR count). The summed E-state index contributed by atoms with van der Waals surface area (Å²) in [4.78, 5) is 28.1. The predicted octanol–water partition coefficient (Wildman–Crippen LogP) is 4.71. The Labute approximate surface area is 220 Å². The van der Waals surface area contributed by atoms with Crippen LogP contribution in [0.3, 0.4) is 0 Å². The summed E-state index contributed by atoms with van der Waals surface area (Å²) in [6.45, 7) is 6.70. The van der Waals surface area contributed by atoms with Gasteiger partial charge in [-0.25, -0.2) is 0 Å². The highest BCUT2D eigenvalue weighted by Crippen LogP contribution is 2.64. The lowest BCUT2D eigenvalue weighted by atomic mass is 9.53. The molecule has 7 nitrogen and oxygen atoms in total. The Morgan fingerprint density at radius 1 is 0.919 bits per heavy atom. The minimum atomic E-state index is -0.537. The smallest absolute Gasteiger partial charge is 0.219 e. The predicted molar refractivity (Wildman–Crippen MR) is 138 cm³/mol. The van der Waals surface area contributed by atoms with Crippen LogP contribution in [-0.2, 0) is 19.3 Å². The molecule has 5 aliphatic carbocycles. The zero-order valence-corrected chi connectivity index (χ0v) is 22.2. The van der Waals surface area contributed by atoms with E-state index in [9.17, 15) is 4.79 Å². The van der Waals surface area contributed by atoms with E-state index in [-0.39, 0.29) is 5.91 Å². The Hall–Kier alpha value is -1.67. The molecule has 7 heteroatoms. The summed E-state index contributed by atoms with van der Waals surface area (Å²) in [6.07, 6.45) is 10.4. The number of ether oxygens (including phenoxy) is 2. The van der Waals surface area contributed by atoms with Crippen molar-refractivity contribution >= 4 is 5.91 Å². The molecular formula is C30H42N2O5. The van der Waals surface area contributed by atoms with Crippen molar-refractivity contribution in [2.75, 3.05) is 39.3 Å². The molecule has 37 heavy (non-hydrogen) atoms. The van der Waals surface area contributed by atoms with E-state index in [0.717, 1.165) is 76.0 Å². The van der Waals surface area contributed by atoms with Crippen molar-refractivity contribution in [2.24, 2.45) is 23.7 Å². The van der Waals surface area contributed by atoms with Crippen molar-refractivity contribution in [3.05, 3.63) is 29.8 Å². The van der Waals surface area contributed by atoms with Crippen LogP contribution in [0.5, 0.6) is 5.75 Å². The van der Waals surface area contributed by atoms with Gasteiger partial charge < -0.3 is 14.4 Å². The van der Waals surface area contributed by atoms with Gasteiger partial charge in [-0.15, -0.1) is 0 Å². The molecule has 1 aromatic rings. The summed E-state index contributed by atoms with van der Waals surface area (Å²) in [7, 11) is 0. The maximum atomic E-state index is 11.5. The minimum absolute atomic E-state index is 0.174. The zero-order valence-electron chi connectivity index (χ0n) is 22.2. The molecule has 0 atom stereocenters. The van der Waals surface area contributed by atoms with Crippen molar-refractivity contribution in [1.82, 2.24) is 9.80 Å². The van der Waals surface area contributed by atoms with Crippen molar-refractivity contribution < 1.29 is 24.0 Å². The largest absolute Gasteiger partial charge is 0.492 e. The lowest BCUT2D eigenvalue weighted by Crippen LogP contribution is -2.59. The van der Waals surface area contributed by atoms with Crippen LogP contribution in [0.2, 0.25) is 0 Å². The average molecular weight is 511 g/mol. The fourth-order valence-electron chi connectivity index (χ4n) is 8.60. The molecule has 0 unspecified atom stereocenters. The van der Waals surface area contributed by atoms with Gasteiger partial charge >= 0.3 is 0 Å². The number of amides is 1. The molecule has 5 saturated carbocycles. The lowest BCUT2D eigenvalue weighted by molar-refractivity contribution is -0.390. The van der Waals surface area contributed by atoms with Gasteiger partial charge in [-0.1, -0.05) is 12.1 Å². The standard InChI is InChI=1S/C30H42N2O5/c1-21(33)32-12-10-31(11-13-32)14-15-34-28-4-2-24(3-5-28)25-6-8-29(9-7-25)35-30(37-36-29)26-17-22-16-23(19-26)20-27(30)18-22/h2-5,22-23,25-27H,6-20H2,1H3/t22?,23?,25-,26?,27?,29+,30-. The average Bonchev–Trinajstić information content (AvgIpc) is 3.28. The van der Waals surface area contributed by atoms with Gasteiger partial charge in [-0.3, -0.25) is 9.69 Å². The second kappa shape index (κ2) is 9.51. The van der Waals surface area contributed by atoms with Gasteiger partial charge in [0.05, 0.1) is 0 Å². The Balaban J connectivity index is 0.888. The molecule has 7 fully saturated rings. The second-order valence-electron chi connectivity index (χ2n) is 12.7. The van der Waals surface area contributed by atoms with Gasteiger partial charge in [0.1, 0.15) is 12.4 Å². The highest BCUT2D eigenvalue weighted by atomic mass is 17.3. The number of benzene rings is 1. The first-order chi connectivity index (χ1) is 18.0. The number of rotatable bonds is 5. The van der Waals surface area contributed by atoms with Crippen LogP contribution in [0.1, 0.15) is 76.2 Å². The van der Waals surface area contributed by atoms with E-state index < -0.39 is 11.6 Å². The molecule has 2 heterocycles. The molecule has 2 saturated heterocycles. The quantitative estimate of drug-likeness (QED) is 0.535. The minimum Gasteiger partial charge on any atom is -0.492 e. The summed E-state index contributed by atoms with van der Waals surface area (Å²) in [5.74, 6) is 3.47. The SMILES string of the molecule is CC(=O)N1CCN(CCOc2ccc([C@H]3CC[C@]4(CC3)OO[C@]3(O4)C4CC5CC(C4)CC3C5)cc2)CC1. The van der Waals surface area contributed by atoms with Gasteiger partial charge in [0, 0.05) is 64.3 Å². The topological polar surface area (TPSA) is 60.5 Å². The fraction of sp³-hybridized carbons (Fsp3) is 0.767. The molecule has 202 valence electrons. The third-order valence-electron chi connectivity index (χ3n) is 10.5. The molecular weight excluding hydrogens is 468 g/mol. The van der Waals surface area contributed by atoms with Crippen LogP contribution in [0, 0.1) is 23.7 Å². The van der Waals surface area contributed by atoms with Crippen LogP contribution in [0.4, 0.5) is 0 Å². The van der Waals surface area contributed by atoms with Crippen LogP contribution in [-0.4, -0.2) is 66.6 Å². The lowest BCUT2D eigenvalue weighted by Gasteiger charge is -2.57. The summed E-state index contributed by atoms with van der Waals surface area (Å²) < 4.78 is 12.9. The number of piperazine rings is 1. The monoisotopic (exact) mass is 510 g/mol. The van der Waals surface area contributed by atoms with Crippen molar-refractivity contribution in [3.63, 3.8) is 0 Å². The van der Waals surface area contributed by atoms with E-state index in [1.807, 2.05) is 4.90 Å². The Morgan fingerprint density at radius 3 is 2.19 bits per heavy atom. The number of nitrogens with zero attached hydrogens (tertiary/aromatic N) is 2. The van der Waals surface area contributed by atoms with Crippen molar-refractivity contribution in [2.45, 2.75) is 82.2 Å². The number of carbonyl (C=O) groups is 1. The first kappa shape index (κ1) is 24.4. The molecule has 4 bridgehead atoms. The van der Waals surface area contributed by atoms with Gasteiger partial charge in [-0.2, -0.15) is 9.78 Å². The molecule has 1 amide bonds. The Kier molecular flexibility index (Phi) is 6.26. The molecule has 0 aromatic heterocycles. The van der Waals surface area contributed by atoms with Crippen LogP contribution >= 0.6 is 0 Å². The normalized spacial score (nSPS) is 41.1. The van der Waals surface area contributed by atoms with Gasteiger partial charge in [0.15, 0.2) is 0 Å². The van der Waals surface area contributed by atoms with Crippen LogP contribution < -0.4 is 4.74 Å². The van der Waals surface area contributed by atoms with Gasteiger partial charge in [-0.05, 0) is 80.4 Å². The van der Waals surface area contributed by atoms with E-state index in [0.29, 0.717) is 24.4 Å². The molecule has 1 aromatic carbocycles. The van der Waals surface area contributed by atoms with Crippen molar-refractivity contribution in [1.29, 1.82) is 0 Å². The summed E-state index contributed by atoms with van der Waals surface area (Å²) in [6, 6.07) is 8.69. The van der Waals surface area contributed by atoms with E-state index >= 15 is 0 Å². The maximum Gasteiger partial charge on any atom is 0.219 e. The first-order valence-corrected chi connectivity index (χ1v) is 14.8. The summed E-state index contributed by atoms with van der Waals surface area (Å²) in [5, 5.41) is 0. The molecule has 0 radical (unpaired) electrons. The number of carbonyl (C=O) groups excluding carboxylic acids is 1. The summed E-state index contributed by atoms with van der Waals surface area (Å²) >= 11 is 0. The van der Waals surface area contributed by atoms with Crippen LogP contribution in [0.15, 0.2) is 24.3 Å². The third kappa shape index (κ3) is 4.50. The van der Waals surface area contributed by atoms with Crippen molar-refractivity contribution in [3.8, 4) is 5.75 Å². The zero-order chi connectivity index (χ0) is 25.0. The Bertz CT molecular complexity index is 952. The molecule has 2 aliphatic heterocycles. The maximum absolute atomic E-state index is 11.5. The van der Waals surface area contributed by atoms with E-state index in [2.05, 4.69) is 29.2 Å². The molecule has 7 aliphatic rings. The Morgan fingerprint density at radius 2 is 1.57 bits per heavy atom. The fourth-order valence-corrected chi connectivity index (χ4v) is 8.60. The molecule has 0 N–H and O–H groups in total. The van der Waals surface area contributed by atoms with E-state index in [4.69, 9.17) is 19.2 Å². The van der Waals surface area contributed by atoms with Gasteiger partial charge in [0.25, 0.3) is 0 Å². The van der Waals surface area contributed by atoms with Gasteiger partial charge in [0.2, 0.25) is 17.5 Å². The number of hydrogen-bond acceptors (Lipinski definition) is 6. The highest BCUT2D eigenvalue weighted by molar-refractivity contribution is 5.73. The number of hydrogen-bond donors (Lipinski definition) is 0. The highest BCUT2D eigenvalue weighted by Gasteiger charge is 2.66. The van der Waals surface area contributed by atoms with E-state index in [1.54, 1.807) is 6.92 Å².